The second-order valence-corrected chi connectivity index (χ2v) is 6.46. The third kappa shape index (κ3) is 2.22. The van der Waals surface area contributed by atoms with Crippen molar-refractivity contribution in [2.24, 2.45) is 0 Å². The molecule has 4 aromatic carbocycles. The highest BCUT2D eigenvalue weighted by atomic mass is 16.5. The van der Waals surface area contributed by atoms with Crippen molar-refractivity contribution in [1.29, 1.82) is 0 Å². The Labute approximate surface area is 145 Å². The Bertz CT molecular complexity index is 1070. The standard InChI is InChI=1S/C23H16O2/c24-20-14-22(25-21-12-6-5-11-19(20)21)23-17-9-3-1-7-15(17)13-16-8-2-4-10-18(16)23/h1-13,22H,14H2. The van der Waals surface area contributed by atoms with Crippen LogP contribution >= 0.6 is 0 Å². The lowest BCUT2D eigenvalue weighted by Crippen LogP contribution is -2.20. The van der Waals surface area contributed by atoms with Crippen molar-refractivity contribution in [3.8, 4) is 5.75 Å². The summed E-state index contributed by atoms with van der Waals surface area (Å²) in [6.07, 6.45) is 0.105. The number of para-hydroxylation sites is 1. The molecule has 0 amide bonds. The zero-order valence-corrected chi connectivity index (χ0v) is 13.6. The zero-order chi connectivity index (χ0) is 16.8. The fourth-order valence-electron chi connectivity index (χ4n) is 3.83. The molecule has 0 fully saturated rings. The molecule has 0 aromatic heterocycles. The van der Waals surface area contributed by atoms with Gasteiger partial charge in [-0.25, -0.2) is 0 Å². The molecule has 1 aliphatic heterocycles. The molecule has 1 aliphatic rings. The molecule has 2 nitrogen and oxygen atoms in total. The number of hydrogen-bond acceptors (Lipinski definition) is 2. The molecule has 120 valence electrons. The lowest BCUT2D eigenvalue weighted by Gasteiger charge is -2.27. The molecule has 5 rings (SSSR count). The molecule has 1 unspecified atom stereocenters. The van der Waals surface area contributed by atoms with Crippen LogP contribution in [0.15, 0.2) is 78.9 Å². The predicted molar refractivity (Wildman–Crippen MR) is 100 cm³/mol. The van der Waals surface area contributed by atoms with Crippen molar-refractivity contribution in [2.75, 3.05) is 0 Å². The van der Waals surface area contributed by atoms with Crippen molar-refractivity contribution in [3.63, 3.8) is 0 Å². The summed E-state index contributed by atoms with van der Waals surface area (Å²) in [6.45, 7) is 0. The first-order valence-electron chi connectivity index (χ1n) is 8.50. The van der Waals surface area contributed by atoms with Gasteiger partial charge >= 0.3 is 0 Å². The van der Waals surface area contributed by atoms with Crippen LogP contribution in [0.3, 0.4) is 0 Å². The van der Waals surface area contributed by atoms with E-state index in [2.05, 4.69) is 30.3 Å². The van der Waals surface area contributed by atoms with E-state index in [1.807, 2.05) is 48.5 Å². The molecule has 0 bridgehead atoms. The molecule has 0 radical (unpaired) electrons. The number of Topliss-reactive ketones (excluding diaryl/α,β-unsaturated/α-hetero) is 1. The van der Waals surface area contributed by atoms with Crippen LogP contribution < -0.4 is 4.74 Å². The molecule has 2 heteroatoms. The average molecular weight is 324 g/mol. The molecule has 0 aliphatic carbocycles. The average Bonchev–Trinajstić information content (AvgIpc) is 2.66. The van der Waals surface area contributed by atoms with Gasteiger partial charge in [-0.05, 0) is 39.7 Å². The smallest absolute Gasteiger partial charge is 0.170 e. The van der Waals surface area contributed by atoms with Gasteiger partial charge in [-0.15, -0.1) is 0 Å². The van der Waals surface area contributed by atoms with Crippen molar-refractivity contribution in [3.05, 3.63) is 90.0 Å². The molecule has 0 N–H and O–H groups in total. The third-order valence-electron chi connectivity index (χ3n) is 4.96. The Morgan fingerprint density at radius 2 is 1.36 bits per heavy atom. The van der Waals surface area contributed by atoms with Gasteiger partial charge in [0.15, 0.2) is 5.78 Å². The summed E-state index contributed by atoms with van der Waals surface area (Å²) in [7, 11) is 0. The summed E-state index contributed by atoms with van der Waals surface area (Å²) in [4.78, 5) is 12.7. The minimum absolute atomic E-state index is 0.142. The first kappa shape index (κ1) is 14.2. The maximum atomic E-state index is 12.7. The summed E-state index contributed by atoms with van der Waals surface area (Å²) >= 11 is 0. The highest BCUT2D eigenvalue weighted by Gasteiger charge is 2.29. The lowest BCUT2D eigenvalue weighted by molar-refractivity contribution is 0.0853. The van der Waals surface area contributed by atoms with E-state index < -0.39 is 0 Å². The van der Waals surface area contributed by atoms with Gasteiger partial charge in [-0.2, -0.15) is 0 Å². The van der Waals surface area contributed by atoms with Gasteiger partial charge in [0.05, 0.1) is 12.0 Å². The van der Waals surface area contributed by atoms with E-state index in [0.29, 0.717) is 17.7 Å². The van der Waals surface area contributed by atoms with Crippen molar-refractivity contribution in [2.45, 2.75) is 12.5 Å². The monoisotopic (exact) mass is 324 g/mol. The van der Waals surface area contributed by atoms with E-state index in [0.717, 1.165) is 16.3 Å². The van der Waals surface area contributed by atoms with Gasteiger partial charge in [0, 0.05) is 5.56 Å². The van der Waals surface area contributed by atoms with E-state index in [9.17, 15) is 4.79 Å². The normalized spacial score (nSPS) is 16.6. The molecule has 25 heavy (non-hydrogen) atoms. The van der Waals surface area contributed by atoms with Crippen LogP contribution in [0.25, 0.3) is 21.5 Å². The number of ketones is 1. The van der Waals surface area contributed by atoms with E-state index in [1.54, 1.807) is 0 Å². The molecule has 0 spiro atoms. The summed E-state index contributed by atoms with van der Waals surface area (Å²) in [5.74, 6) is 0.824. The maximum Gasteiger partial charge on any atom is 0.170 e. The molecule has 1 atom stereocenters. The van der Waals surface area contributed by atoms with Gasteiger partial charge in [-0.3, -0.25) is 4.79 Å². The van der Waals surface area contributed by atoms with E-state index in [-0.39, 0.29) is 11.9 Å². The van der Waals surface area contributed by atoms with Crippen molar-refractivity contribution < 1.29 is 9.53 Å². The summed E-state index contributed by atoms with van der Waals surface area (Å²) < 4.78 is 6.28. The summed E-state index contributed by atoms with van der Waals surface area (Å²) in [5, 5.41) is 4.65. The topological polar surface area (TPSA) is 26.3 Å². The summed E-state index contributed by atoms with van der Waals surface area (Å²) in [6, 6.07) is 26.4. The zero-order valence-electron chi connectivity index (χ0n) is 13.6. The van der Waals surface area contributed by atoms with E-state index in [1.165, 1.54) is 10.8 Å². The largest absolute Gasteiger partial charge is 0.484 e. The number of carbonyl (C=O) groups excluding carboxylic acids is 1. The van der Waals surface area contributed by atoms with Gasteiger partial charge in [0.2, 0.25) is 0 Å². The fourth-order valence-corrected chi connectivity index (χ4v) is 3.83. The van der Waals surface area contributed by atoms with Gasteiger partial charge < -0.3 is 4.74 Å². The predicted octanol–water partition coefficient (Wildman–Crippen LogP) is 5.70. The Morgan fingerprint density at radius 1 is 0.760 bits per heavy atom. The highest BCUT2D eigenvalue weighted by Crippen LogP contribution is 2.40. The Kier molecular flexibility index (Phi) is 3.10. The fraction of sp³-hybridized carbons (Fsp3) is 0.0870. The van der Waals surface area contributed by atoms with Crippen LogP contribution in [0.1, 0.15) is 28.4 Å². The number of benzene rings is 4. The highest BCUT2D eigenvalue weighted by molar-refractivity contribution is 6.05. The van der Waals surface area contributed by atoms with Crippen molar-refractivity contribution >= 4 is 27.3 Å². The molecule has 4 aromatic rings. The number of fused-ring (bicyclic) bond motifs is 3. The molecule has 1 heterocycles. The summed E-state index contributed by atoms with van der Waals surface area (Å²) in [5.41, 5.74) is 1.79. The number of carbonyl (C=O) groups is 1. The van der Waals surface area contributed by atoms with Crippen molar-refractivity contribution in [1.82, 2.24) is 0 Å². The molecule has 0 saturated carbocycles. The van der Waals surface area contributed by atoms with Crippen LogP contribution in [0, 0.1) is 0 Å². The van der Waals surface area contributed by atoms with Crippen LogP contribution in [0.2, 0.25) is 0 Å². The lowest BCUT2D eigenvalue weighted by atomic mass is 9.89. The number of rotatable bonds is 1. The van der Waals surface area contributed by atoms with Crippen LogP contribution in [0.4, 0.5) is 0 Å². The van der Waals surface area contributed by atoms with Crippen LogP contribution in [-0.2, 0) is 0 Å². The van der Waals surface area contributed by atoms with Crippen LogP contribution in [-0.4, -0.2) is 5.78 Å². The quantitative estimate of drug-likeness (QED) is 0.420. The van der Waals surface area contributed by atoms with Crippen LogP contribution in [0.5, 0.6) is 5.75 Å². The maximum absolute atomic E-state index is 12.7. The van der Waals surface area contributed by atoms with E-state index >= 15 is 0 Å². The third-order valence-corrected chi connectivity index (χ3v) is 4.96. The first-order valence-corrected chi connectivity index (χ1v) is 8.50. The Balaban J connectivity index is 1.78. The molecular weight excluding hydrogens is 308 g/mol. The Hall–Kier alpha value is -3.13. The van der Waals surface area contributed by atoms with Gasteiger partial charge in [0.25, 0.3) is 0 Å². The molecular formula is C23H16O2. The Morgan fingerprint density at radius 3 is 2.08 bits per heavy atom. The minimum Gasteiger partial charge on any atom is -0.484 e. The first-order chi connectivity index (χ1) is 12.3. The minimum atomic E-state index is -0.265. The van der Waals surface area contributed by atoms with Gasteiger partial charge in [-0.1, -0.05) is 60.7 Å². The number of ether oxygens (including phenoxy) is 1. The number of hydrogen-bond donors (Lipinski definition) is 0. The second-order valence-electron chi connectivity index (χ2n) is 6.46. The second kappa shape index (κ2) is 5.45. The SMILES string of the molecule is O=C1CC(c2c3ccccc3cc3ccccc23)Oc2ccccc21. The molecule has 0 saturated heterocycles. The van der Waals surface area contributed by atoms with E-state index in [4.69, 9.17) is 4.74 Å². The van der Waals surface area contributed by atoms with Gasteiger partial charge in [0.1, 0.15) is 11.9 Å².